The average molecular weight is 473 g/mol. The highest BCUT2D eigenvalue weighted by Crippen LogP contribution is 2.26. The number of fused-ring (bicyclic) bond motifs is 1. The van der Waals surface area contributed by atoms with E-state index in [1.807, 2.05) is 13.0 Å². The molecule has 10 heteroatoms. The van der Waals surface area contributed by atoms with E-state index >= 15 is 0 Å². The molecule has 1 fully saturated rings. The molecular formula is C24H32N4O6. The maximum Gasteiger partial charge on any atom is 0.268 e. The van der Waals surface area contributed by atoms with Crippen LogP contribution in [0.2, 0.25) is 0 Å². The third kappa shape index (κ3) is 5.93. The molecule has 0 spiro atoms. The van der Waals surface area contributed by atoms with Crippen LogP contribution < -0.4 is 20.7 Å². The Hall–Kier alpha value is -3.40. The average Bonchev–Trinajstić information content (AvgIpc) is 3.46. The number of methoxy groups -OCH3 is 1. The molecule has 0 aliphatic carbocycles. The van der Waals surface area contributed by atoms with Crippen molar-refractivity contribution < 1.29 is 29.0 Å². The van der Waals surface area contributed by atoms with Crippen LogP contribution in [0.1, 0.15) is 49.5 Å². The van der Waals surface area contributed by atoms with Crippen molar-refractivity contribution in [1.82, 2.24) is 20.9 Å². The van der Waals surface area contributed by atoms with E-state index in [4.69, 9.17) is 4.74 Å². The monoisotopic (exact) mass is 472 g/mol. The number of ketones is 1. The van der Waals surface area contributed by atoms with Gasteiger partial charge in [-0.25, -0.2) is 0 Å². The molecule has 3 rings (SSSR count). The number of aliphatic hydroxyl groups is 1. The van der Waals surface area contributed by atoms with Crippen molar-refractivity contribution in [2.24, 2.45) is 5.92 Å². The number of aromatic amines is 1. The quantitative estimate of drug-likeness (QED) is 0.312. The lowest BCUT2D eigenvalue weighted by Crippen LogP contribution is -2.52. The summed E-state index contributed by atoms with van der Waals surface area (Å²) >= 11 is 0. The van der Waals surface area contributed by atoms with Crippen molar-refractivity contribution in [2.75, 3.05) is 20.3 Å². The van der Waals surface area contributed by atoms with Crippen LogP contribution in [0.4, 0.5) is 0 Å². The topological polar surface area (TPSA) is 150 Å². The van der Waals surface area contributed by atoms with Crippen molar-refractivity contribution in [2.45, 2.75) is 51.1 Å². The number of carbonyl (C=O) groups excluding carboxylic acids is 4. The molecule has 0 radical (unpaired) electrons. The fourth-order valence-electron chi connectivity index (χ4n) is 4.15. The van der Waals surface area contributed by atoms with Crippen LogP contribution in [0.25, 0.3) is 10.9 Å². The van der Waals surface area contributed by atoms with E-state index in [9.17, 15) is 24.3 Å². The van der Waals surface area contributed by atoms with Crippen molar-refractivity contribution in [1.29, 1.82) is 0 Å². The Morgan fingerprint density at radius 3 is 2.68 bits per heavy atom. The van der Waals surface area contributed by atoms with Crippen molar-refractivity contribution in [3.8, 4) is 5.75 Å². The van der Waals surface area contributed by atoms with Crippen molar-refractivity contribution >= 4 is 34.4 Å². The number of amides is 3. The number of benzene rings is 1. The second-order valence-electron chi connectivity index (χ2n) is 8.47. The van der Waals surface area contributed by atoms with Crippen LogP contribution >= 0.6 is 0 Å². The number of nitrogens with one attached hydrogen (secondary N) is 4. The molecule has 10 nitrogen and oxygen atoms in total. The first-order valence-electron chi connectivity index (χ1n) is 11.6. The van der Waals surface area contributed by atoms with Gasteiger partial charge in [0, 0.05) is 23.4 Å². The minimum Gasteiger partial charge on any atom is -0.496 e. The standard InChI is InChI=1S/C24H32N4O6/c1-3-4-6-17(23(32)28-18(20(30)13-29)11-14-9-10-25-22(14)31)27-24(33)19-12-15-16(26-19)7-5-8-21(15)34-2/h5,7-8,12,14,17-18,26,29H,3-4,6,9-11,13H2,1-2H3,(H,25,31)(H,27,33)(H,28,32)/t14?,17-,18+/m0/s1. The lowest BCUT2D eigenvalue weighted by molar-refractivity contribution is -0.131. The number of rotatable bonds is 12. The highest BCUT2D eigenvalue weighted by atomic mass is 16.5. The van der Waals surface area contributed by atoms with Gasteiger partial charge in [0.05, 0.1) is 13.2 Å². The van der Waals surface area contributed by atoms with E-state index in [0.29, 0.717) is 31.6 Å². The van der Waals surface area contributed by atoms with Crippen LogP contribution in [-0.2, 0) is 14.4 Å². The summed E-state index contributed by atoms with van der Waals surface area (Å²) in [5.74, 6) is -1.53. The molecule has 0 saturated carbocycles. The molecule has 0 bridgehead atoms. The highest BCUT2D eigenvalue weighted by Gasteiger charge is 2.32. The van der Waals surface area contributed by atoms with Crippen molar-refractivity contribution in [3.63, 3.8) is 0 Å². The first-order chi connectivity index (χ1) is 16.4. The molecule has 2 heterocycles. The number of aromatic nitrogens is 1. The molecule has 1 aliphatic rings. The molecule has 1 aliphatic heterocycles. The summed E-state index contributed by atoms with van der Waals surface area (Å²) in [7, 11) is 1.55. The Morgan fingerprint density at radius 1 is 1.24 bits per heavy atom. The van der Waals surface area contributed by atoms with Crippen LogP contribution in [0.15, 0.2) is 24.3 Å². The van der Waals surface area contributed by atoms with Gasteiger partial charge < -0.3 is 30.8 Å². The summed E-state index contributed by atoms with van der Waals surface area (Å²) in [4.78, 5) is 53.3. The van der Waals surface area contributed by atoms with Crippen LogP contribution in [0, 0.1) is 5.92 Å². The zero-order chi connectivity index (χ0) is 24.7. The summed E-state index contributed by atoms with van der Waals surface area (Å²) in [6, 6.07) is 5.18. The number of ether oxygens (including phenoxy) is 1. The maximum absolute atomic E-state index is 13.1. The molecular weight excluding hydrogens is 440 g/mol. The Kier molecular flexibility index (Phi) is 8.64. The molecule has 1 unspecified atom stereocenters. The molecule has 3 atom stereocenters. The molecule has 1 saturated heterocycles. The number of H-pyrrole nitrogens is 1. The van der Waals surface area contributed by atoms with Crippen LogP contribution in [-0.4, -0.2) is 65.9 Å². The van der Waals surface area contributed by atoms with Gasteiger partial charge in [0.15, 0.2) is 5.78 Å². The predicted molar refractivity (Wildman–Crippen MR) is 125 cm³/mol. The Morgan fingerprint density at radius 2 is 2.03 bits per heavy atom. The van der Waals surface area contributed by atoms with Crippen molar-refractivity contribution in [3.05, 3.63) is 30.0 Å². The van der Waals surface area contributed by atoms with Crippen LogP contribution in [0.3, 0.4) is 0 Å². The predicted octanol–water partition coefficient (Wildman–Crippen LogP) is 1.04. The zero-order valence-electron chi connectivity index (χ0n) is 19.5. The number of unbranched alkanes of at least 4 members (excludes halogenated alkanes) is 1. The van der Waals surface area contributed by atoms with Gasteiger partial charge in [-0.05, 0) is 37.5 Å². The normalized spacial score (nSPS) is 17.1. The maximum atomic E-state index is 13.1. The molecule has 3 amide bonds. The van der Waals surface area contributed by atoms with Gasteiger partial charge in [-0.15, -0.1) is 0 Å². The van der Waals surface area contributed by atoms with Gasteiger partial charge in [-0.3, -0.25) is 19.2 Å². The summed E-state index contributed by atoms with van der Waals surface area (Å²) in [5, 5.41) is 18.2. The SMILES string of the molecule is CCCC[C@H](NC(=O)c1cc2c(OC)cccc2[nH]1)C(=O)N[C@H](CC1CCNC1=O)C(=O)CO. The second-order valence-corrected chi connectivity index (χ2v) is 8.47. The fourth-order valence-corrected chi connectivity index (χ4v) is 4.15. The molecule has 2 aromatic rings. The Balaban J connectivity index is 1.74. The Labute approximate surface area is 197 Å². The molecule has 5 N–H and O–H groups in total. The first kappa shape index (κ1) is 25.2. The van der Waals surface area contributed by atoms with Gasteiger partial charge in [-0.1, -0.05) is 25.8 Å². The van der Waals surface area contributed by atoms with Gasteiger partial charge >= 0.3 is 0 Å². The molecule has 34 heavy (non-hydrogen) atoms. The number of Topliss-reactive ketones (excluding diaryl/α,β-unsaturated/α-hetero) is 1. The van der Waals surface area contributed by atoms with E-state index in [-0.39, 0.29) is 18.0 Å². The smallest absolute Gasteiger partial charge is 0.268 e. The largest absolute Gasteiger partial charge is 0.496 e. The molecule has 184 valence electrons. The number of carbonyl (C=O) groups is 4. The van der Waals surface area contributed by atoms with E-state index in [1.165, 1.54) is 0 Å². The van der Waals surface area contributed by atoms with E-state index in [1.54, 1.807) is 25.3 Å². The van der Waals surface area contributed by atoms with E-state index in [2.05, 4.69) is 20.9 Å². The third-order valence-corrected chi connectivity index (χ3v) is 6.10. The minimum atomic E-state index is -1.01. The Bertz CT molecular complexity index is 1050. The van der Waals surface area contributed by atoms with Gasteiger partial charge in [0.25, 0.3) is 5.91 Å². The number of aliphatic hydroxyl groups excluding tert-OH is 1. The summed E-state index contributed by atoms with van der Waals surface area (Å²) in [6.07, 6.45) is 2.53. The van der Waals surface area contributed by atoms with E-state index in [0.717, 1.165) is 17.3 Å². The lowest BCUT2D eigenvalue weighted by Gasteiger charge is -2.23. The molecule has 1 aromatic heterocycles. The summed E-state index contributed by atoms with van der Waals surface area (Å²) in [5.41, 5.74) is 1.00. The number of hydrogen-bond donors (Lipinski definition) is 5. The second kappa shape index (κ2) is 11.6. The minimum absolute atomic E-state index is 0.104. The number of hydrogen-bond acceptors (Lipinski definition) is 6. The van der Waals surface area contributed by atoms with E-state index < -0.39 is 42.2 Å². The highest BCUT2D eigenvalue weighted by molar-refractivity contribution is 6.02. The summed E-state index contributed by atoms with van der Waals surface area (Å²) < 4.78 is 5.34. The van der Waals surface area contributed by atoms with Gasteiger partial charge in [0.2, 0.25) is 11.8 Å². The first-order valence-corrected chi connectivity index (χ1v) is 11.6. The van der Waals surface area contributed by atoms with Gasteiger partial charge in [0.1, 0.15) is 24.1 Å². The fraction of sp³-hybridized carbons (Fsp3) is 0.500. The summed E-state index contributed by atoms with van der Waals surface area (Å²) in [6.45, 7) is 1.74. The lowest BCUT2D eigenvalue weighted by atomic mass is 9.95. The zero-order valence-corrected chi connectivity index (χ0v) is 19.5. The van der Waals surface area contributed by atoms with Gasteiger partial charge in [-0.2, -0.15) is 0 Å². The molecule has 1 aromatic carbocycles. The van der Waals surface area contributed by atoms with Crippen LogP contribution in [0.5, 0.6) is 5.75 Å². The third-order valence-electron chi connectivity index (χ3n) is 6.10.